The highest BCUT2D eigenvalue weighted by molar-refractivity contribution is 5.78. The summed E-state index contributed by atoms with van der Waals surface area (Å²) in [5.41, 5.74) is 6.27. The fraction of sp³-hybridized carbons (Fsp3) is 0.933. The molecule has 2 N–H and O–H groups in total. The van der Waals surface area contributed by atoms with E-state index in [-0.39, 0.29) is 5.91 Å². The fourth-order valence-corrected chi connectivity index (χ4v) is 4.24. The zero-order valence-electron chi connectivity index (χ0n) is 12.5. The molecule has 0 aromatic rings. The Kier molecular flexibility index (Phi) is 3.05. The Labute approximate surface area is 111 Å². The molecule has 3 heteroatoms. The minimum Gasteiger partial charge on any atom is -0.339 e. The first-order chi connectivity index (χ1) is 8.00. The molecule has 0 spiro atoms. The highest BCUT2D eigenvalue weighted by Gasteiger charge is 2.51. The third kappa shape index (κ3) is 2.87. The van der Waals surface area contributed by atoms with E-state index in [2.05, 4.69) is 25.7 Å². The van der Waals surface area contributed by atoms with Crippen LogP contribution in [0.15, 0.2) is 0 Å². The van der Waals surface area contributed by atoms with Gasteiger partial charge in [-0.15, -0.1) is 0 Å². The fourth-order valence-electron chi connectivity index (χ4n) is 4.24. The Morgan fingerprint density at radius 2 is 1.94 bits per heavy atom. The van der Waals surface area contributed by atoms with E-state index in [0.717, 1.165) is 13.0 Å². The average Bonchev–Trinajstić information content (AvgIpc) is 2.31. The minimum absolute atomic E-state index is 0.244. The zero-order chi connectivity index (χ0) is 13.8. The van der Waals surface area contributed by atoms with Gasteiger partial charge in [-0.05, 0) is 43.9 Å². The van der Waals surface area contributed by atoms with Crippen molar-refractivity contribution in [2.45, 2.75) is 71.9 Å². The van der Waals surface area contributed by atoms with Crippen molar-refractivity contribution < 1.29 is 4.79 Å². The average molecular weight is 252 g/mol. The summed E-state index contributed by atoms with van der Waals surface area (Å²) in [7, 11) is 0. The first-order valence-corrected chi connectivity index (χ1v) is 7.08. The molecular formula is C15H28N2O. The van der Waals surface area contributed by atoms with E-state index in [1.807, 2.05) is 13.8 Å². The van der Waals surface area contributed by atoms with Gasteiger partial charge in [0.1, 0.15) is 0 Å². The highest BCUT2D eigenvalue weighted by Crippen LogP contribution is 2.52. The number of rotatable bonds is 2. The zero-order valence-corrected chi connectivity index (χ0v) is 12.5. The second-order valence-electron chi connectivity index (χ2n) is 8.40. The summed E-state index contributed by atoms with van der Waals surface area (Å²) in [6.45, 7) is 11.8. The summed E-state index contributed by atoms with van der Waals surface area (Å²) in [5, 5.41) is 0. The Morgan fingerprint density at radius 1 is 1.33 bits per heavy atom. The van der Waals surface area contributed by atoms with Crippen LogP contribution in [0.5, 0.6) is 0 Å². The molecule has 1 heterocycles. The molecule has 1 amide bonds. The van der Waals surface area contributed by atoms with Gasteiger partial charge in [0, 0.05) is 24.5 Å². The van der Waals surface area contributed by atoms with Crippen LogP contribution < -0.4 is 5.73 Å². The number of fused-ring (bicyclic) bond motifs is 2. The standard InChI is InChI=1S/C15H28N2O/c1-13(2)6-11-7-15(5,9-13)10-17(11)12(18)8-14(3,4)16/h11H,6-10,16H2,1-5H3. The van der Waals surface area contributed by atoms with Gasteiger partial charge in [-0.2, -0.15) is 0 Å². The Balaban J connectivity index is 2.11. The molecule has 0 aromatic carbocycles. The maximum absolute atomic E-state index is 12.4. The summed E-state index contributed by atoms with van der Waals surface area (Å²) >= 11 is 0. The predicted octanol–water partition coefficient (Wildman–Crippen LogP) is 2.54. The number of hydrogen-bond acceptors (Lipinski definition) is 2. The van der Waals surface area contributed by atoms with Gasteiger partial charge in [-0.1, -0.05) is 20.8 Å². The lowest BCUT2D eigenvalue weighted by molar-refractivity contribution is -0.133. The maximum atomic E-state index is 12.4. The smallest absolute Gasteiger partial charge is 0.224 e. The van der Waals surface area contributed by atoms with E-state index in [1.54, 1.807) is 0 Å². The molecule has 1 aliphatic carbocycles. The van der Waals surface area contributed by atoms with E-state index < -0.39 is 5.54 Å². The normalized spacial score (nSPS) is 34.8. The van der Waals surface area contributed by atoms with E-state index >= 15 is 0 Å². The van der Waals surface area contributed by atoms with Crippen LogP contribution in [0.4, 0.5) is 0 Å². The predicted molar refractivity (Wildman–Crippen MR) is 74.1 cm³/mol. The van der Waals surface area contributed by atoms with Crippen LogP contribution in [-0.2, 0) is 4.79 Å². The summed E-state index contributed by atoms with van der Waals surface area (Å²) in [4.78, 5) is 14.5. The topological polar surface area (TPSA) is 46.3 Å². The van der Waals surface area contributed by atoms with E-state index in [9.17, 15) is 4.79 Å². The van der Waals surface area contributed by atoms with Gasteiger partial charge in [0.25, 0.3) is 0 Å². The van der Waals surface area contributed by atoms with Gasteiger partial charge >= 0.3 is 0 Å². The van der Waals surface area contributed by atoms with E-state index in [4.69, 9.17) is 5.73 Å². The molecule has 2 rings (SSSR count). The van der Waals surface area contributed by atoms with Crippen molar-refractivity contribution in [1.82, 2.24) is 4.90 Å². The number of amides is 1. The molecular weight excluding hydrogens is 224 g/mol. The molecule has 2 atom stereocenters. The van der Waals surface area contributed by atoms with Crippen molar-refractivity contribution in [2.75, 3.05) is 6.54 Å². The number of nitrogens with zero attached hydrogens (tertiary/aromatic N) is 1. The molecule has 104 valence electrons. The molecule has 0 radical (unpaired) electrons. The monoisotopic (exact) mass is 252 g/mol. The third-order valence-electron chi connectivity index (χ3n) is 4.34. The molecule has 1 saturated carbocycles. The van der Waals surface area contributed by atoms with E-state index in [0.29, 0.717) is 23.3 Å². The van der Waals surface area contributed by atoms with Crippen molar-refractivity contribution in [1.29, 1.82) is 0 Å². The van der Waals surface area contributed by atoms with Crippen LogP contribution in [0.2, 0.25) is 0 Å². The number of likely N-dealkylation sites (tertiary alicyclic amines) is 1. The molecule has 18 heavy (non-hydrogen) atoms. The molecule has 1 aliphatic heterocycles. The number of hydrogen-bond donors (Lipinski definition) is 1. The molecule has 2 fully saturated rings. The van der Waals surface area contributed by atoms with Crippen LogP contribution in [0.25, 0.3) is 0 Å². The lowest BCUT2D eigenvalue weighted by Gasteiger charge is -2.39. The van der Waals surface area contributed by atoms with Crippen molar-refractivity contribution in [3.8, 4) is 0 Å². The van der Waals surface area contributed by atoms with Gasteiger partial charge in [0.05, 0.1) is 0 Å². The first-order valence-electron chi connectivity index (χ1n) is 7.08. The van der Waals surface area contributed by atoms with Gasteiger partial charge in [-0.25, -0.2) is 0 Å². The summed E-state index contributed by atoms with van der Waals surface area (Å²) < 4.78 is 0. The summed E-state index contributed by atoms with van der Waals surface area (Å²) in [5.74, 6) is 0.244. The quantitative estimate of drug-likeness (QED) is 0.821. The van der Waals surface area contributed by atoms with Crippen LogP contribution in [-0.4, -0.2) is 28.9 Å². The number of carbonyl (C=O) groups is 1. The largest absolute Gasteiger partial charge is 0.339 e. The van der Waals surface area contributed by atoms with Crippen molar-refractivity contribution in [2.24, 2.45) is 16.6 Å². The Morgan fingerprint density at radius 3 is 2.50 bits per heavy atom. The number of carbonyl (C=O) groups excluding carboxylic acids is 1. The Hall–Kier alpha value is -0.570. The van der Waals surface area contributed by atoms with Crippen LogP contribution in [0.3, 0.4) is 0 Å². The highest BCUT2D eigenvalue weighted by atomic mass is 16.2. The molecule has 2 aliphatic rings. The second kappa shape index (κ2) is 3.96. The van der Waals surface area contributed by atoms with Gasteiger partial charge in [0.2, 0.25) is 5.91 Å². The molecule has 2 unspecified atom stereocenters. The molecule has 0 aromatic heterocycles. The van der Waals surface area contributed by atoms with Gasteiger partial charge in [0.15, 0.2) is 0 Å². The molecule has 2 bridgehead atoms. The molecule has 3 nitrogen and oxygen atoms in total. The maximum Gasteiger partial charge on any atom is 0.224 e. The lowest BCUT2D eigenvalue weighted by atomic mass is 9.65. The first kappa shape index (κ1) is 13.9. The molecule has 1 saturated heterocycles. The minimum atomic E-state index is -0.399. The lowest BCUT2D eigenvalue weighted by Crippen LogP contribution is -2.43. The van der Waals surface area contributed by atoms with Crippen molar-refractivity contribution in [3.05, 3.63) is 0 Å². The van der Waals surface area contributed by atoms with Crippen molar-refractivity contribution >= 4 is 5.91 Å². The van der Waals surface area contributed by atoms with Crippen molar-refractivity contribution in [3.63, 3.8) is 0 Å². The second-order valence-corrected chi connectivity index (χ2v) is 8.40. The van der Waals surface area contributed by atoms with Gasteiger partial charge < -0.3 is 10.6 Å². The number of nitrogens with two attached hydrogens (primary N) is 1. The summed E-state index contributed by atoms with van der Waals surface area (Å²) in [6.07, 6.45) is 4.00. The van der Waals surface area contributed by atoms with Crippen LogP contribution >= 0.6 is 0 Å². The van der Waals surface area contributed by atoms with Gasteiger partial charge in [-0.3, -0.25) is 4.79 Å². The van der Waals surface area contributed by atoms with Crippen LogP contribution in [0.1, 0.15) is 60.3 Å². The Bertz CT molecular complexity index is 356. The SMILES string of the molecule is CC(C)(N)CC(=O)N1CC2(C)CC1CC(C)(C)C2. The summed E-state index contributed by atoms with van der Waals surface area (Å²) in [6, 6.07) is 0.439. The third-order valence-corrected chi connectivity index (χ3v) is 4.34. The van der Waals surface area contributed by atoms with E-state index in [1.165, 1.54) is 12.8 Å². The van der Waals surface area contributed by atoms with Crippen LogP contribution in [0, 0.1) is 10.8 Å².